The molecule has 68 valence electrons. The van der Waals surface area contributed by atoms with Crippen LogP contribution in [0.5, 0.6) is 5.75 Å². The molecule has 2 nitrogen and oxygen atoms in total. The summed E-state index contributed by atoms with van der Waals surface area (Å²) >= 11 is 0. The summed E-state index contributed by atoms with van der Waals surface area (Å²) in [6.07, 6.45) is 5.28. The monoisotopic (exact) mass is 175 g/mol. The van der Waals surface area contributed by atoms with Crippen LogP contribution in [0.4, 0.5) is 0 Å². The van der Waals surface area contributed by atoms with Crippen LogP contribution in [0.2, 0.25) is 0 Å². The van der Waals surface area contributed by atoms with Crippen molar-refractivity contribution in [1.29, 1.82) is 5.41 Å². The molecular formula is C11H13NO. The Bertz CT molecular complexity index is 344. The predicted octanol–water partition coefficient (Wildman–Crippen LogP) is 2.07. The Morgan fingerprint density at radius 3 is 2.69 bits per heavy atom. The first kappa shape index (κ1) is 8.30. The summed E-state index contributed by atoms with van der Waals surface area (Å²) in [6, 6.07) is 3.91. The van der Waals surface area contributed by atoms with Crippen LogP contribution in [-0.2, 0) is 19.3 Å². The van der Waals surface area contributed by atoms with Gasteiger partial charge in [0.25, 0.3) is 0 Å². The molecule has 1 aromatic rings. The molecule has 0 aliphatic heterocycles. The third-order valence-corrected chi connectivity index (χ3v) is 2.62. The molecule has 2 heteroatoms. The molecule has 0 aromatic heterocycles. The average molecular weight is 175 g/mol. The van der Waals surface area contributed by atoms with E-state index in [4.69, 9.17) is 5.41 Å². The lowest BCUT2D eigenvalue weighted by atomic mass is 10.0. The van der Waals surface area contributed by atoms with Gasteiger partial charge in [-0.3, -0.25) is 0 Å². The minimum Gasteiger partial charge on any atom is -0.508 e. The van der Waals surface area contributed by atoms with Crippen LogP contribution in [0.25, 0.3) is 0 Å². The summed E-state index contributed by atoms with van der Waals surface area (Å²) < 4.78 is 0. The number of aryl methyl sites for hydroxylation is 2. The van der Waals surface area contributed by atoms with Crippen LogP contribution in [0.15, 0.2) is 12.1 Å². The van der Waals surface area contributed by atoms with Crippen LogP contribution in [0.1, 0.15) is 23.1 Å². The van der Waals surface area contributed by atoms with Gasteiger partial charge < -0.3 is 10.5 Å². The van der Waals surface area contributed by atoms with E-state index in [1.54, 1.807) is 0 Å². The summed E-state index contributed by atoms with van der Waals surface area (Å²) in [5.41, 5.74) is 3.52. The molecular weight excluding hydrogens is 162 g/mol. The van der Waals surface area contributed by atoms with Crippen LogP contribution in [0.3, 0.4) is 0 Å². The number of phenols is 1. The second-order valence-electron chi connectivity index (χ2n) is 3.51. The first-order chi connectivity index (χ1) is 6.31. The summed E-state index contributed by atoms with van der Waals surface area (Å²) in [7, 11) is 0. The molecule has 0 unspecified atom stereocenters. The fourth-order valence-corrected chi connectivity index (χ4v) is 1.94. The molecule has 0 heterocycles. The highest BCUT2D eigenvalue weighted by Crippen LogP contribution is 2.28. The zero-order valence-corrected chi connectivity index (χ0v) is 7.51. The molecule has 2 N–H and O–H groups in total. The number of hydrogen-bond acceptors (Lipinski definition) is 2. The van der Waals surface area contributed by atoms with Gasteiger partial charge in [0.2, 0.25) is 0 Å². The van der Waals surface area contributed by atoms with Crippen LogP contribution in [0, 0.1) is 5.41 Å². The van der Waals surface area contributed by atoms with Gasteiger partial charge in [-0.2, -0.15) is 0 Å². The van der Waals surface area contributed by atoms with Crippen molar-refractivity contribution < 1.29 is 5.11 Å². The van der Waals surface area contributed by atoms with E-state index < -0.39 is 0 Å². The minimum absolute atomic E-state index is 0.351. The van der Waals surface area contributed by atoms with Crippen molar-refractivity contribution in [2.24, 2.45) is 0 Å². The van der Waals surface area contributed by atoms with Gasteiger partial charge in [0, 0.05) is 6.42 Å². The minimum atomic E-state index is 0.351. The predicted molar refractivity (Wildman–Crippen MR) is 52.6 cm³/mol. The van der Waals surface area contributed by atoms with Crippen molar-refractivity contribution in [2.75, 3.05) is 0 Å². The third kappa shape index (κ3) is 1.44. The maximum absolute atomic E-state index is 9.60. The normalized spacial score (nSPS) is 14.2. The number of nitrogens with one attached hydrogen (secondary N) is 1. The van der Waals surface area contributed by atoms with Crippen molar-refractivity contribution >= 4 is 6.21 Å². The standard InChI is InChI=1S/C11H13NO/c12-5-4-10-6-8-2-1-3-9(8)7-11(10)13/h5-7,12-13H,1-4H2. The average Bonchev–Trinajstić information content (AvgIpc) is 2.52. The quantitative estimate of drug-likeness (QED) is 0.664. The van der Waals surface area contributed by atoms with Gasteiger partial charge in [-0.15, -0.1) is 0 Å². The van der Waals surface area contributed by atoms with Gasteiger partial charge in [0.05, 0.1) is 0 Å². The first-order valence-electron chi connectivity index (χ1n) is 4.64. The van der Waals surface area contributed by atoms with E-state index in [9.17, 15) is 5.11 Å². The molecule has 1 aliphatic rings. The third-order valence-electron chi connectivity index (χ3n) is 2.62. The lowest BCUT2D eigenvalue weighted by molar-refractivity contribution is 0.469. The van der Waals surface area contributed by atoms with Crippen molar-refractivity contribution in [2.45, 2.75) is 25.7 Å². The zero-order chi connectivity index (χ0) is 9.26. The summed E-state index contributed by atoms with van der Waals surface area (Å²) in [6.45, 7) is 0. The lowest BCUT2D eigenvalue weighted by Crippen LogP contribution is -1.90. The van der Waals surface area contributed by atoms with E-state index in [0.29, 0.717) is 12.2 Å². The second-order valence-corrected chi connectivity index (χ2v) is 3.51. The highest BCUT2D eigenvalue weighted by atomic mass is 16.3. The first-order valence-corrected chi connectivity index (χ1v) is 4.64. The number of hydrogen-bond donors (Lipinski definition) is 2. The SMILES string of the molecule is N=CCc1cc2c(cc1O)CCC2. The molecule has 13 heavy (non-hydrogen) atoms. The molecule has 0 amide bonds. The van der Waals surface area contributed by atoms with Crippen LogP contribution >= 0.6 is 0 Å². The van der Waals surface area contributed by atoms with E-state index in [-0.39, 0.29) is 0 Å². The number of benzene rings is 1. The van der Waals surface area contributed by atoms with Crippen LogP contribution in [-0.4, -0.2) is 11.3 Å². The Kier molecular flexibility index (Phi) is 2.05. The molecule has 0 radical (unpaired) electrons. The highest BCUT2D eigenvalue weighted by molar-refractivity contribution is 5.61. The van der Waals surface area contributed by atoms with Crippen molar-refractivity contribution in [3.05, 3.63) is 28.8 Å². The van der Waals surface area contributed by atoms with E-state index in [0.717, 1.165) is 18.4 Å². The summed E-state index contributed by atoms with van der Waals surface area (Å²) in [4.78, 5) is 0. The molecule has 0 fully saturated rings. The number of fused-ring (bicyclic) bond motifs is 1. The lowest BCUT2D eigenvalue weighted by Gasteiger charge is -2.05. The Morgan fingerprint density at radius 2 is 2.00 bits per heavy atom. The number of phenolic OH excluding ortho intramolecular Hbond substituents is 1. The second kappa shape index (κ2) is 3.21. The van der Waals surface area contributed by atoms with E-state index in [1.165, 1.54) is 23.8 Å². The number of rotatable bonds is 2. The van der Waals surface area contributed by atoms with Gasteiger partial charge in [-0.1, -0.05) is 6.07 Å². The zero-order valence-electron chi connectivity index (χ0n) is 7.51. The van der Waals surface area contributed by atoms with Crippen molar-refractivity contribution in [3.63, 3.8) is 0 Å². The topological polar surface area (TPSA) is 44.1 Å². The molecule has 1 aromatic carbocycles. The smallest absolute Gasteiger partial charge is 0.119 e. The molecule has 2 rings (SSSR count). The highest BCUT2D eigenvalue weighted by Gasteiger charge is 2.13. The summed E-state index contributed by atoms with van der Waals surface area (Å²) in [5, 5.41) is 16.6. The van der Waals surface area contributed by atoms with Crippen LogP contribution < -0.4 is 0 Å². The van der Waals surface area contributed by atoms with Crippen molar-refractivity contribution in [3.8, 4) is 5.75 Å². The molecule has 0 spiro atoms. The largest absolute Gasteiger partial charge is 0.508 e. The maximum atomic E-state index is 9.60. The van der Waals surface area contributed by atoms with Gasteiger partial charge >= 0.3 is 0 Å². The fourth-order valence-electron chi connectivity index (χ4n) is 1.94. The molecule has 0 atom stereocenters. The van der Waals surface area contributed by atoms with Crippen molar-refractivity contribution in [1.82, 2.24) is 0 Å². The Labute approximate surface area is 77.7 Å². The maximum Gasteiger partial charge on any atom is 0.119 e. The summed E-state index contributed by atoms with van der Waals surface area (Å²) in [5.74, 6) is 0.351. The van der Waals surface area contributed by atoms with Gasteiger partial charge in [-0.05, 0) is 48.2 Å². The van der Waals surface area contributed by atoms with E-state index >= 15 is 0 Å². The Morgan fingerprint density at radius 1 is 1.31 bits per heavy atom. The number of aromatic hydroxyl groups is 1. The molecule has 1 aliphatic carbocycles. The Hall–Kier alpha value is -1.31. The van der Waals surface area contributed by atoms with E-state index in [1.807, 2.05) is 12.1 Å². The van der Waals surface area contributed by atoms with Gasteiger partial charge in [-0.25, -0.2) is 0 Å². The molecule has 0 saturated heterocycles. The fraction of sp³-hybridized carbons (Fsp3) is 0.364. The van der Waals surface area contributed by atoms with Gasteiger partial charge in [0.15, 0.2) is 0 Å². The molecule has 0 bridgehead atoms. The van der Waals surface area contributed by atoms with Gasteiger partial charge in [0.1, 0.15) is 5.75 Å². The van der Waals surface area contributed by atoms with E-state index in [2.05, 4.69) is 0 Å². The molecule has 0 saturated carbocycles. The Balaban J connectivity index is 2.42.